The Hall–Kier alpha value is -2.33. The average Bonchev–Trinajstić information content (AvgIpc) is 2.61. The van der Waals surface area contributed by atoms with E-state index in [4.69, 9.17) is 9.47 Å². The van der Waals surface area contributed by atoms with Crippen molar-refractivity contribution in [3.63, 3.8) is 0 Å². The molecule has 0 aliphatic carbocycles. The molecular formula is C21H19BrO3. The van der Waals surface area contributed by atoms with Crippen molar-refractivity contribution in [3.05, 3.63) is 63.6 Å². The molecule has 3 rings (SSSR count). The van der Waals surface area contributed by atoms with Crippen molar-refractivity contribution in [2.75, 3.05) is 14.2 Å². The molecule has 0 heterocycles. The van der Waals surface area contributed by atoms with Gasteiger partial charge in [0.1, 0.15) is 5.75 Å². The first kappa shape index (κ1) is 17.5. The minimum absolute atomic E-state index is 0.355. The van der Waals surface area contributed by atoms with Crippen molar-refractivity contribution in [2.45, 2.75) is 13.8 Å². The van der Waals surface area contributed by atoms with Gasteiger partial charge in [0.2, 0.25) is 0 Å². The third kappa shape index (κ3) is 2.91. The Morgan fingerprint density at radius 1 is 1.00 bits per heavy atom. The van der Waals surface area contributed by atoms with Gasteiger partial charge in [0.25, 0.3) is 0 Å². The number of carbonyl (C=O) groups excluding carboxylic acids is 1. The molecule has 0 spiro atoms. The van der Waals surface area contributed by atoms with Crippen molar-refractivity contribution in [1.29, 1.82) is 0 Å². The van der Waals surface area contributed by atoms with Gasteiger partial charge in [-0.25, -0.2) is 4.79 Å². The molecule has 0 unspecified atom stereocenters. The Morgan fingerprint density at radius 3 is 2.40 bits per heavy atom. The molecule has 0 radical (unpaired) electrons. The van der Waals surface area contributed by atoms with E-state index >= 15 is 0 Å². The molecule has 0 saturated heterocycles. The van der Waals surface area contributed by atoms with Gasteiger partial charge in [-0.3, -0.25) is 0 Å². The highest BCUT2D eigenvalue weighted by molar-refractivity contribution is 9.10. The van der Waals surface area contributed by atoms with E-state index in [1.165, 1.54) is 7.11 Å². The number of fused-ring (bicyclic) bond motifs is 1. The Balaban J connectivity index is 2.49. The second-order valence-corrected chi connectivity index (χ2v) is 6.76. The van der Waals surface area contributed by atoms with Gasteiger partial charge in [-0.1, -0.05) is 46.3 Å². The minimum Gasteiger partial charge on any atom is -0.496 e. The Kier molecular flexibility index (Phi) is 4.82. The molecule has 3 aromatic carbocycles. The van der Waals surface area contributed by atoms with Crippen LogP contribution in [0, 0.1) is 13.8 Å². The number of halogens is 1. The number of esters is 1. The van der Waals surface area contributed by atoms with E-state index in [0.29, 0.717) is 5.56 Å². The van der Waals surface area contributed by atoms with Crippen LogP contribution in [0.4, 0.5) is 0 Å². The molecule has 0 bridgehead atoms. The molecule has 0 fully saturated rings. The van der Waals surface area contributed by atoms with Crippen LogP contribution >= 0.6 is 15.9 Å². The zero-order valence-electron chi connectivity index (χ0n) is 14.6. The summed E-state index contributed by atoms with van der Waals surface area (Å²) in [6.07, 6.45) is 0. The van der Waals surface area contributed by atoms with Crippen LogP contribution in [0.2, 0.25) is 0 Å². The fourth-order valence-electron chi connectivity index (χ4n) is 3.36. The molecule has 0 amide bonds. The summed E-state index contributed by atoms with van der Waals surface area (Å²) in [6, 6.07) is 13.8. The summed E-state index contributed by atoms with van der Waals surface area (Å²) in [4.78, 5) is 12.4. The number of rotatable bonds is 3. The molecule has 3 aromatic rings. The highest BCUT2D eigenvalue weighted by atomic mass is 79.9. The second-order valence-electron chi connectivity index (χ2n) is 5.91. The summed E-state index contributed by atoms with van der Waals surface area (Å²) in [7, 11) is 3.07. The number of aryl methyl sites for hydroxylation is 1. The van der Waals surface area contributed by atoms with Crippen LogP contribution in [-0.4, -0.2) is 20.2 Å². The molecule has 0 N–H and O–H groups in total. The van der Waals surface area contributed by atoms with Crippen molar-refractivity contribution in [2.24, 2.45) is 0 Å². The molecule has 0 aromatic heterocycles. The van der Waals surface area contributed by atoms with Crippen molar-refractivity contribution >= 4 is 32.7 Å². The van der Waals surface area contributed by atoms with E-state index in [1.54, 1.807) is 7.11 Å². The quantitative estimate of drug-likeness (QED) is 0.532. The summed E-state index contributed by atoms with van der Waals surface area (Å²) in [6.45, 7) is 4.01. The first-order chi connectivity index (χ1) is 12.0. The van der Waals surface area contributed by atoms with Gasteiger partial charge in [0.05, 0.1) is 19.8 Å². The summed E-state index contributed by atoms with van der Waals surface area (Å²) in [5, 5.41) is 2.07. The smallest absolute Gasteiger partial charge is 0.338 e. The predicted molar refractivity (Wildman–Crippen MR) is 104 cm³/mol. The van der Waals surface area contributed by atoms with Gasteiger partial charge in [-0.05, 0) is 42.3 Å². The molecule has 0 saturated carbocycles. The molecule has 25 heavy (non-hydrogen) atoms. The first-order valence-corrected chi connectivity index (χ1v) is 8.73. The third-order valence-corrected chi connectivity index (χ3v) is 5.07. The largest absolute Gasteiger partial charge is 0.496 e. The van der Waals surface area contributed by atoms with Gasteiger partial charge in [-0.2, -0.15) is 0 Å². The minimum atomic E-state index is -0.355. The predicted octanol–water partition coefficient (Wildman–Crippen LogP) is 5.68. The monoisotopic (exact) mass is 398 g/mol. The van der Waals surface area contributed by atoms with Gasteiger partial charge >= 0.3 is 5.97 Å². The summed E-state index contributed by atoms with van der Waals surface area (Å²) >= 11 is 3.68. The van der Waals surface area contributed by atoms with E-state index in [0.717, 1.165) is 43.2 Å². The van der Waals surface area contributed by atoms with Crippen LogP contribution in [0.15, 0.2) is 46.9 Å². The fraction of sp³-hybridized carbons (Fsp3) is 0.190. The maximum absolute atomic E-state index is 12.4. The van der Waals surface area contributed by atoms with Crippen LogP contribution in [0.1, 0.15) is 21.5 Å². The maximum atomic E-state index is 12.4. The Bertz CT molecular complexity index is 977. The molecule has 0 aliphatic rings. The molecule has 128 valence electrons. The third-order valence-electron chi connectivity index (χ3n) is 4.44. The van der Waals surface area contributed by atoms with Gasteiger partial charge in [0, 0.05) is 21.2 Å². The van der Waals surface area contributed by atoms with E-state index < -0.39 is 0 Å². The number of carbonyl (C=O) groups is 1. The highest BCUT2D eigenvalue weighted by Crippen LogP contribution is 2.43. The molecule has 4 heteroatoms. The lowest BCUT2D eigenvalue weighted by Crippen LogP contribution is -2.06. The maximum Gasteiger partial charge on any atom is 0.338 e. The van der Waals surface area contributed by atoms with Crippen LogP contribution in [0.5, 0.6) is 5.75 Å². The van der Waals surface area contributed by atoms with Gasteiger partial charge < -0.3 is 9.47 Å². The first-order valence-electron chi connectivity index (χ1n) is 7.93. The summed E-state index contributed by atoms with van der Waals surface area (Å²) < 4.78 is 11.5. The SMILES string of the molecule is COC(=O)c1ccc2ccccc2c1-c1c(Br)cc(C)c(OC)c1C. The van der Waals surface area contributed by atoms with Gasteiger partial charge in [0.15, 0.2) is 0 Å². The van der Waals surface area contributed by atoms with Crippen molar-refractivity contribution in [3.8, 4) is 16.9 Å². The van der Waals surface area contributed by atoms with Crippen molar-refractivity contribution < 1.29 is 14.3 Å². The Labute approximate surface area is 155 Å². The van der Waals surface area contributed by atoms with Gasteiger partial charge in [-0.15, -0.1) is 0 Å². The lowest BCUT2D eigenvalue weighted by Gasteiger charge is -2.19. The second kappa shape index (κ2) is 6.89. The van der Waals surface area contributed by atoms with Crippen LogP contribution < -0.4 is 4.74 Å². The Morgan fingerprint density at radius 2 is 1.72 bits per heavy atom. The van der Waals surface area contributed by atoms with E-state index in [-0.39, 0.29) is 5.97 Å². The molecule has 0 aliphatic heterocycles. The van der Waals surface area contributed by atoms with Crippen LogP contribution in [0.25, 0.3) is 21.9 Å². The average molecular weight is 399 g/mol. The molecule has 3 nitrogen and oxygen atoms in total. The van der Waals surface area contributed by atoms with E-state index in [9.17, 15) is 4.79 Å². The standard InChI is InChI=1S/C21H19BrO3/c1-12-11-17(22)18(13(2)20(12)24-3)19-15-8-6-5-7-14(15)9-10-16(19)21(23)25-4/h5-11H,1-4H3. The fourth-order valence-corrected chi connectivity index (χ4v) is 4.20. The topological polar surface area (TPSA) is 35.5 Å². The molecule has 0 atom stereocenters. The normalized spacial score (nSPS) is 10.8. The van der Waals surface area contributed by atoms with Crippen molar-refractivity contribution in [1.82, 2.24) is 0 Å². The highest BCUT2D eigenvalue weighted by Gasteiger charge is 2.22. The number of methoxy groups -OCH3 is 2. The zero-order chi connectivity index (χ0) is 18.1. The number of hydrogen-bond acceptors (Lipinski definition) is 3. The summed E-state index contributed by atoms with van der Waals surface area (Å²) in [5.41, 5.74) is 4.36. The zero-order valence-corrected chi connectivity index (χ0v) is 16.2. The van der Waals surface area contributed by atoms with Crippen LogP contribution in [-0.2, 0) is 4.74 Å². The molecular weight excluding hydrogens is 380 g/mol. The number of ether oxygens (including phenoxy) is 2. The summed E-state index contributed by atoms with van der Waals surface area (Å²) in [5.74, 6) is 0.466. The van der Waals surface area contributed by atoms with E-state index in [2.05, 4.69) is 15.9 Å². The lowest BCUT2D eigenvalue weighted by atomic mass is 9.89. The lowest BCUT2D eigenvalue weighted by molar-refractivity contribution is 0.0602. The van der Waals surface area contributed by atoms with E-state index in [1.807, 2.05) is 56.3 Å². The van der Waals surface area contributed by atoms with Crippen LogP contribution in [0.3, 0.4) is 0 Å². The number of benzene rings is 3. The number of hydrogen-bond donors (Lipinski definition) is 0.